The van der Waals surface area contributed by atoms with E-state index in [0.29, 0.717) is 22.8 Å². The third-order valence-corrected chi connectivity index (χ3v) is 6.38. The normalized spacial score (nSPS) is 11.6. The second-order valence-electron chi connectivity index (χ2n) is 9.13. The van der Waals surface area contributed by atoms with Crippen LogP contribution in [0.25, 0.3) is 11.1 Å². The van der Waals surface area contributed by atoms with Gasteiger partial charge in [0.05, 0.1) is 11.1 Å². The Hall–Kier alpha value is -3.38. The van der Waals surface area contributed by atoms with E-state index >= 15 is 0 Å². The van der Waals surface area contributed by atoms with Crippen LogP contribution in [0.4, 0.5) is 0 Å². The molecule has 0 saturated heterocycles. The van der Waals surface area contributed by atoms with Gasteiger partial charge in [0.15, 0.2) is 0 Å². The fraction of sp³-hybridized carbons (Fsp3) is 0.355. The van der Waals surface area contributed by atoms with Crippen LogP contribution in [0.5, 0.6) is 5.75 Å². The molecule has 0 aliphatic carbocycles. The molecule has 34 heavy (non-hydrogen) atoms. The van der Waals surface area contributed by atoms with Crippen LogP contribution in [0.2, 0.25) is 0 Å². The van der Waals surface area contributed by atoms with Crippen molar-refractivity contribution >= 4 is 5.97 Å². The van der Waals surface area contributed by atoms with E-state index in [2.05, 4.69) is 51.1 Å². The Morgan fingerprint density at radius 2 is 1.53 bits per heavy atom. The number of unbranched alkanes of at least 4 members (excludes halogenated alkanes) is 3. The monoisotopic (exact) mass is 453 g/mol. The lowest BCUT2D eigenvalue weighted by molar-refractivity contribution is 0.0734. The van der Waals surface area contributed by atoms with Gasteiger partial charge in [0, 0.05) is 0 Å². The number of hydrogen-bond acceptors (Lipinski definition) is 3. The number of nitrogens with zero attached hydrogens (tertiary/aromatic N) is 1. The Morgan fingerprint density at radius 1 is 0.882 bits per heavy atom. The van der Waals surface area contributed by atoms with E-state index in [1.807, 2.05) is 24.3 Å². The zero-order valence-electron chi connectivity index (χ0n) is 20.6. The van der Waals surface area contributed by atoms with Crippen LogP contribution in [-0.2, 0) is 12.8 Å². The lowest BCUT2D eigenvalue weighted by Crippen LogP contribution is -2.09. The van der Waals surface area contributed by atoms with E-state index in [-0.39, 0.29) is 0 Å². The Bertz CT molecular complexity index is 1110. The van der Waals surface area contributed by atoms with Crippen LogP contribution in [-0.4, -0.2) is 5.97 Å². The third kappa shape index (κ3) is 7.06. The van der Waals surface area contributed by atoms with Crippen molar-refractivity contribution in [2.24, 2.45) is 5.92 Å². The van der Waals surface area contributed by atoms with Gasteiger partial charge in [0.1, 0.15) is 11.8 Å². The van der Waals surface area contributed by atoms with Crippen LogP contribution in [0.3, 0.4) is 0 Å². The van der Waals surface area contributed by atoms with E-state index < -0.39 is 5.97 Å². The molecule has 0 aliphatic heterocycles. The molecule has 0 aliphatic rings. The van der Waals surface area contributed by atoms with Gasteiger partial charge in [-0.2, -0.15) is 5.26 Å². The van der Waals surface area contributed by atoms with Gasteiger partial charge in [0.25, 0.3) is 0 Å². The first-order chi connectivity index (χ1) is 16.5. The number of benzene rings is 3. The topological polar surface area (TPSA) is 50.1 Å². The molecule has 0 bridgehead atoms. The summed E-state index contributed by atoms with van der Waals surface area (Å²) in [6, 6.07) is 23.7. The molecule has 3 nitrogen and oxygen atoms in total. The zero-order chi connectivity index (χ0) is 24.3. The fourth-order valence-corrected chi connectivity index (χ4v) is 4.00. The van der Waals surface area contributed by atoms with Crippen LogP contribution in [0.1, 0.15) is 79.9 Å². The first-order valence-electron chi connectivity index (χ1n) is 12.5. The number of esters is 1. The van der Waals surface area contributed by atoms with Gasteiger partial charge in [-0.15, -0.1) is 0 Å². The van der Waals surface area contributed by atoms with Gasteiger partial charge in [-0.05, 0) is 71.7 Å². The van der Waals surface area contributed by atoms with Gasteiger partial charge >= 0.3 is 5.97 Å². The number of hydrogen-bond donors (Lipinski definition) is 0. The van der Waals surface area contributed by atoms with Crippen molar-refractivity contribution in [3.05, 3.63) is 89.0 Å². The molecule has 1 atom stereocenters. The number of carbonyl (C=O) groups is 1. The summed E-state index contributed by atoms with van der Waals surface area (Å²) in [5.74, 6) is 0.389. The highest BCUT2D eigenvalue weighted by Gasteiger charge is 2.13. The molecule has 0 fully saturated rings. The average molecular weight is 454 g/mol. The molecular weight excluding hydrogens is 418 g/mol. The molecule has 3 aromatic rings. The molecule has 0 saturated carbocycles. The predicted octanol–water partition coefficient (Wildman–Crippen LogP) is 8.16. The smallest absolute Gasteiger partial charge is 0.343 e. The number of carbonyl (C=O) groups excluding carboxylic acids is 1. The largest absolute Gasteiger partial charge is 0.422 e. The second kappa shape index (κ2) is 12.8. The minimum absolute atomic E-state index is 0.305. The molecule has 1 unspecified atom stereocenters. The summed E-state index contributed by atoms with van der Waals surface area (Å²) in [4.78, 5) is 12.7. The molecule has 0 radical (unpaired) electrons. The average Bonchev–Trinajstić information content (AvgIpc) is 2.87. The Labute approximate surface area is 204 Å². The molecule has 0 N–H and O–H groups in total. The van der Waals surface area contributed by atoms with Gasteiger partial charge in [0.2, 0.25) is 0 Å². The highest BCUT2D eigenvalue weighted by molar-refractivity contribution is 5.92. The SMILES string of the molecule is CCCCCCc1ccc(-c2ccc(C(=O)Oc3ccc(CC(C)CC)cc3C#N)cc2)cc1. The van der Waals surface area contributed by atoms with Gasteiger partial charge in [-0.25, -0.2) is 4.79 Å². The summed E-state index contributed by atoms with van der Waals surface area (Å²) in [5, 5.41) is 9.53. The van der Waals surface area contributed by atoms with E-state index in [9.17, 15) is 10.1 Å². The summed E-state index contributed by atoms with van der Waals surface area (Å²) < 4.78 is 5.56. The van der Waals surface area contributed by atoms with Crippen molar-refractivity contribution in [1.82, 2.24) is 0 Å². The van der Waals surface area contributed by atoms with E-state index in [4.69, 9.17) is 4.74 Å². The summed E-state index contributed by atoms with van der Waals surface area (Å²) in [5.41, 5.74) is 5.48. The van der Waals surface area contributed by atoms with Crippen LogP contribution in [0.15, 0.2) is 66.7 Å². The van der Waals surface area contributed by atoms with E-state index in [1.54, 1.807) is 18.2 Å². The maximum Gasteiger partial charge on any atom is 0.343 e. The van der Waals surface area contributed by atoms with Crippen LogP contribution < -0.4 is 4.74 Å². The first-order valence-corrected chi connectivity index (χ1v) is 12.5. The quantitative estimate of drug-likeness (QED) is 0.167. The molecular formula is C31H35NO2. The number of ether oxygens (including phenoxy) is 1. The third-order valence-electron chi connectivity index (χ3n) is 6.38. The molecule has 3 heteroatoms. The summed E-state index contributed by atoms with van der Waals surface area (Å²) in [6.07, 6.45) is 8.18. The van der Waals surface area contributed by atoms with Gasteiger partial charge < -0.3 is 4.74 Å². The Kier molecular flexibility index (Phi) is 9.47. The van der Waals surface area contributed by atoms with Crippen molar-refractivity contribution < 1.29 is 9.53 Å². The Morgan fingerprint density at radius 3 is 2.15 bits per heavy atom. The van der Waals surface area contributed by atoms with Gasteiger partial charge in [-0.3, -0.25) is 0 Å². The molecule has 3 rings (SSSR count). The minimum atomic E-state index is -0.458. The van der Waals surface area contributed by atoms with Crippen molar-refractivity contribution in [2.45, 2.75) is 65.7 Å². The summed E-state index contributed by atoms with van der Waals surface area (Å²) >= 11 is 0. The van der Waals surface area contributed by atoms with Crippen LogP contribution in [0, 0.1) is 17.2 Å². The minimum Gasteiger partial charge on any atom is -0.422 e. The fourth-order valence-electron chi connectivity index (χ4n) is 4.00. The highest BCUT2D eigenvalue weighted by atomic mass is 16.5. The standard InChI is InChI=1S/C31H35NO2/c1-4-6-7-8-9-24-10-13-26(14-11-24)27-15-17-28(18-16-27)31(33)34-30-19-12-25(20-23(3)5-2)21-29(30)22-32/h10-19,21,23H,4-9,20H2,1-3H3. The van der Waals surface area contributed by atoms with Crippen molar-refractivity contribution in [3.8, 4) is 22.9 Å². The van der Waals surface area contributed by atoms with Crippen LogP contribution >= 0.6 is 0 Å². The van der Waals surface area contributed by atoms with E-state index in [1.165, 1.54) is 31.2 Å². The molecule has 0 aromatic heterocycles. The molecule has 3 aromatic carbocycles. The highest BCUT2D eigenvalue weighted by Crippen LogP contribution is 2.25. The lowest BCUT2D eigenvalue weighted by atomic mass is 9.97. The summed E-state index contributed by atoms with van der Waals surface area (Å²) in [7, 11) is 0. The molecule has 0 heterocycles. The predicted molar refractivity (Wildman–Crippen MR) is 139 cm³/mol. The van der Waals surface area contributed by atoms with Crippen molar-refractivity contribution in [2.75, 3.05) is 0 Å². The lowest BCUT2D eigenvalue weighted by Gasteiger charge is -2.11. The number of aryl methyl sites for hydroxylation is 1. The zero-order valence-corrected chi connectivity index (χ0v) is 20.6. The molecule has 176 valence electrons. The maximum atomic E-state index is 12.7. The molecule has 0 spiro atoms. The second-order valence-corrected chi connectivity index (χ2v) is 9.13. The molecule has 0 amide bonds. The summed E-state index contributed by atoms with van der Waals surface area (Å²) in [6.45, 7) is 6.57. The maximum absolute atomic E-state index is 12.7. The van der Waals surface area contributed by atoms with E-state index in [0.717, 1.165) is 36.0 Å². The van der Waals surface area contributed by atoms with Crippen molar-refractivity contribution in [1.29, 1.82) is 5.26 Å². The Balaban J connectivity index is 1.63. The van der Waals surface area contributed by atoms with Crippen molar-refractivity contribution in [3.63, 3.8) is 0 Å². The number of nitriles is 1. The first kappa shape index (κ1) is 25.2. The van der Waals surface area contributed by atoms with Gasteiger partial charge in [-0.1, -0.05) is 88.9 Å². The number of rotatable bonds is 11.